The van der Waals surface area contributed by atoms with Gasteiger partial charge in [-0.2, -0.15) is 0 Å². The molecular weight excluding hydrogens is 387 g/mol. The summed E-state index contributed by atoms with van der Waals surface area (Å²) in [6.07, 6.45) is 0.0140. The molecule has 0 saturated carbocycles. The van der Waals surface area contributed by atoms with Gasteiger partial charge in [0.1, 0.15) is 5.82 Å². The molecule has 0 bridgehead atoms. The summed E-state index contributed by atoms with van der Waals surface area (Å²) in [6.45, 7) is 1.56. The summed E-state index contributed by atoms with van der Waals surface area (Å²) < 4.78 is 18.7. The van der Waals surface area contributed by atoms with E-state index in [9.17, 15) is 18.8 Å². The average Bonchev–Trinajstić information content (AvgIpc) is 3.04. The number of ether oxygens (including phenoxy) is 1. The molecule has 0 aromatic heterocycles. The predicted octanol–water partition coefficient (Wildman–Crippen LogP) is 3.32. The van der Waals surface area contributed by atoms with E-state index in [-0.39, 0.29) is 29.6 Å². The molecule has 1 aliphatic rings. The molecule has 0 radical (unpaired) electrons. The molecule has 2 aromatic carbocycles. The lowest BCUT2D eigenvalue weighted by Crippen LogP contribution is -2.28. The molecule has 1 atom stereocenters. The number of nitrogens with one attached hydrogen (secondary N) is 1. The van der Waals surface area contributed by atoms with Gasteiger partial charge in [0.2, 0.25) is 5.91 Å². The van der Waals surface area contributed by atoms with Crippen molar-refractivity contribution in [1.82, 2.24) is 0 Å². The lowest BCUT2D eigenvalue weighted by molar-refractivity contribution is -0.151. The maximum Gasteiger partial charge on any atom is 0.311 e. The van der Waals surface area contributed by atoms with Crippen LogP contribution in [-0.4, -0.2) is 30.9 Å². The van der Waals surface area contributed by atoms with E-state index in [2.05, 4.69) is 5.32 Å². The van der Waals surface area contributed by atoms with Gasteiger partial charge < -0.3 is 15.0 Å². The zero-order valence-electron chi connectivity index (χ0n) is 15.1. The molecule has 1 fully saturated rings. The predicted molar refractivity (Wildman–Crippen MR) is 103 cm³/mol. The van der Waals surface area contributed by atoms with Gasteiger partial charge in [-0.05, 0) is 37.3 Å². The monoisotopic (exact) mass is 404 g/mol. The van der Waals surface area contributed by atoms with Crippen molar-refractivity contribution in [3.63, 3.8) is 0 Å². The number of amides is 2. The third-order valence-corrected chi connectivity index (χ3v) is 4.59. The molecule has 1 heterocycles. The summed E-state index contributed by atoms with van der Waals surface area (Å²) in [5.74, 6) is -2.86. The number of nitrogens with zero attached hydrogens (tertiary/aromatic N) is 1. The number of anilines is 2. The van der Waals surface area contributed by atoms with Crippen LogP contribution in [0, 0.1) is 18.7 Å². The standard InChI is InChI=1S/C20H18ClFN2O4/c1-12-2-5-15(6-3-12)24-10-13(8-19(24)26)20(27)28-11-18(25)23-17-7-4-14(21)9-16(17)22/h2-7,9,13H,8,10-11H2,1H3,(H,23,25)/t13-/m0/s1. The van der Waals surface area contributed by atoms with Crippen molar-refractivity contribution in [3.8, 4) is 0 Å². The van der Waals surface area contributed by atoms with Crippen LogP contribution in [-0.2, 0) is 19.1 Å². The first-order valence-electron chi connectivity index (χ1n) is 8.62. The highest BCUT2D eigenvalue weighted by Crippen LogP contribution is 2.26. The van der Waals surface area contributed by atoms with Gasteiger partial charge in [0, 0.05) is 23.7 Å². The quantitative estimate of drug-likeness (QED) is 0.776. The molecule has 1 N–H and O–H groups in total. The molecule has 2 aromatic rings. The first-order valence-corrected chi connectivity index (χ1v) is 9.00. The Labute approximate surface area is 166 Å². The van der Waals surface area contributed by atoms with Gasteiger partial charge in [0.25, 0.3) is 5.91 Å². The smallest absolute Gasteiger partial charge is 0.311 e. The van der Waals surface area contributed by atoms with Crippen LogP contribution in [0.2, 0.25) is 5.02 Å². The minimum absolute atomic E-state index is 0.0140. The van der Waals surface area contributed by atoms with E-state index in [1.54, 1.807) is 0 Å². The van der Waals surface area contributed by atoms with E-state index in [0.29, 0.717) is 5.69 Å². The molecular formula is C20H18ClFN2O4. The molecule has 28 heavy (non-hydrogen) atoms. The third-order valence-electron chi connectivity index (χ3n) is 4.35. The van der Waals surface area contributed by atoms with E-state index in [1.807, 2.05) is 31.2 Å². The normalized spacial score (nSPS) is 16.2. The number of carbonyl (C=O) groups is 3. The van der Waals surface area contributed by atoms with Crippen LogP contribution in [0.1, 0.15) is 12.0 Å². The fraction of sp³-hybridized carbons (Fsp3) is 0.250. The fourth-order valence-electron chi connectivity index (χ4n) is 2.87. The lowest BCUT2D eigenvalue weighted by Gasteiger charge is -2.16. The number of aryl methyl sites for hydroxylation is 1. The molecule has 6 nitrogen and oxygen atoms in total. The van der Waals surface area contributed by atoms with Crippen LogP contribution in [0.3, 0.4) is 0 Å². The molecule has 3 rings (SSSR count). The number of carbonyl (C=O) groups excluding carboxylic acids is 3. The minimum Gasteiger partial charge on any atom is -0.455 e. The van der Waals surface area contributed by atoms with Gasteiger partial charge in [-0.1, -0.05) is 29.3 Å². The highest BCUT2D eigenvalue weighted by Gasteiger charge is 2.36. The van der Waals surface area contributed by atoms with Crippen LogP contribution < -0.4 is 10.2 Å². The Morgan fingerprint density at radius 1 is 1.25 bits per heavy atom. The molecule has 146 valence electrons. The van der Waals surface area contributed by atoms with Gasteiger partial charge in [-0.15, -0.1) is 0 Å². The highest BCUT2D eigenvalue weighted by atomic mass is 35.5. The number of hydrogen-bond donors (Lipinski definition) is 1. The molecule has 1 aliphatic heterocycles. The molecule has 1 saturated heterocycles. The molecule has 8 heteroatoms. The lowest BCUT2D eigenvalue weighted by atomic mass is 10.1. The number of esters is 1. The van der Waals surface area contributed by atoms with Crippen molar-refractivity contribution in [3.05, 3.63) is 58.9 Å². The Kier molecular flexibility index (Phi) is 5.94. The van der Waals surface area contributed by atoms with Crippen LogP contribution in [0.4, 0.5) is 15.8 Å². The Balaban J connectivity index is 1.53. The maximum atomic E-state index is 13.7. The minimum atomic E-state index is -0.692. The van der Waals surface area contributed by atoms with E-state index in [1.165, 1.54) is 17.0 Å². The van der Waals surface area contributed by atoms with Gasteiger partial charge in [-0.25, -0.2) is 4.39 Å². The van der Waals surface area contributed by atoms with Crippen molar-refractivity contribution in [2.45, 2.75) is 13.3 Å². The van der Waals surface area contributed by atoms with Gasteiger partial charge in [0.05, 0.1) is 11.6 Å². The van der Waals surface area contributed by atoms with E-state index >= 15 is 0 Å². The van der Waals surface area contributed by atoms with Gasteiger partial charge >= 0.3 is 5.97 Å². The van der Waals surface area contributed by atoms with Crippen LogP contribution in [0.5, 0.6) is 0 Å². The number of hydrogen-bond acceptors (Lipinski definition) is 4. The molecule has 2 amide bonds. The van der Waals surface area contributed by atoms with Crippen molar-refractivity contribution >= 4 is 40.8 Å². The second-order valence-electron chi connectivity index (χ2n) is 6.52. The number of halogens is 2. The van der Waals surface area contributed by atoms with E-state index in [4.69, 9.17) is 16.3 Å². The van der Waals surface area contributed by atoms with Crippen molar-refractivity contribution in [2.75, 3.05) is 23.4 Å². The van der Waals surface area contributed by atoms with Crippen LogP contribution >= 0.6 is 11.6 Å². The van der Waals surface area contributed by atoms with Crippen molar-refractivity contribution < 1.29 is 23.5 Å². The highest BCUT2D eigenvalue weighted by molar-refractivity contribution is 6.30. The SMILES string of the molecule is Cc1ccc(N2C[C@@H](C(=O)OCC(=O)Nc3ccc(Cl)cc3F)CC2=O)cc1. The topological polar surface area (TPSA) is 75.7 Å². The van der Waals surface area contributed by atoms with Gasteiger partial charge in [-0.3, -0.25) is 14.4 Å². The number of benzene rings is 2. The number of rotatable bonds is 5. The zero-order chi connectivity index (χ0) is 20.3. The first-order chi connectivity index (χ1) is 13.3. The maximum absolute atomic E-state index is 13.7. The van der Waals surface area contributed by atoms with Crippen molar-refractivity contribution in [1.29, 1.82) is 0 Å². The Hall–Kier alpha value is -2.93. The zero-order valence-corrected chi connectivity index (χ0v) is 15.8. The van der Waals surface area contributed by atoms with Crippen LogP contribution in [0.25, 0.3) is 0 Å². The van der Waals surface area contributed by atoms with E-state index < -0.39 is 30.2 Å². The largest absolute Gasteiger partial charge is 0.455 e. The summed E-state index contributed by atoms with van der Waals surface area (Å²) in [6, 6.07) is 11.2. The van der Waals surface area contributed by atoms with Crippen LogP contribution in [0.15, 0.2) is 42.5 Å². The first kappa shape index (κ1) is 19.8. The Morgan fingerprint density at radius 2 is 1.96 bits per heavy atom. The second kappa shape index (κ2) is 8.39. The second-order valence-corrected chi connectivity index (χ2v) is 6.96. The van der Waals surface area contributed by atoms with Crippen molar-refractivity contribution in [2.24, 2.45) is 5.92 Å². The summed E-state index contributed by atoms with van der Waals surface area (Å²) in [5.41, 5.74) is 1.71. The third kappa shape index (κ3) is 4.67. The summed E-state index contributed by atoms with van der Waals surface area (Å²) in [7, 11) is 0. The van der Waals surface area contributed by atoms with Gasteiger partial charge in [0.15, 0.2) is 6.61 Å². The summed E-state index contributed by atoms with van der Waals surface area (Å²) in [4.78, 5) is 37.8. The summed E-state index contributed by atoms with van der Waals surface area (Å²) in [5, 5.41) is 2.50. The Morgan fingerprint density at radius 3 is 2.64 bits per heavy atom. The molecule has 0 spiro atoms. The summed E-state index contributed by atoms with van der Waals surface area (Å²) >= 11 is 5.65. The molecule has 0 unspecified atom stereocenters. The molecule has 0 aliphatic carbocycles. The Bertz CT molecular complexity index is 917. The average molecular weight is 405 g/mol. The fourth-order valence-corrected chi connectivity index (χ4v) is 3.03. The van der Waals surface area contributed by atoms with E-state index in [0.717, 1.165) is 11.6 Å².